The highest BCUT2D eigenvalue weighted by Gasteiger charge is 2.52. The van der Waals surface area contributed by atoms with Crippen LogP contribution in [0.25, 0.3) is 0 Å². The molecule has 2 nitrogen and oxygen atoms in total. The van der Waals surface area contributed by atoms with Crippen molar-refractivity contribution < 1.29 is 4.79 Å². The van der Waals surface area contributed by atoms with E-state index in [1.54, 1.807) is 0 Å². The lowest BCUT2D eigenvalue weighted by Crippen LogP contribution is -2.25. The Morgan fingerprint density at radius 2 is 2.45 bits per heavy atom. The van der Waals surface area contributed by atoms with Crippen molar-refractivity contribution in [1.29, 1.82) is 5.26 Å². The van der Waals surface area contributed by atoms with E-state index in [1.165, 1.54) is 0 Å². The average molecular weight is 149 g/mol. The standard InChI is InChI=1S/C9H11NO/c10-5-8-3-7-1-2-9(8,4-7)6-11/h6-8H,1-4H2. The normalized spacial score (nSPS) is 47.2. The van der Waals surface area contributed by atoms with Crippen LogP contribution in [-0.2, 0) is 4.79 Å². The highest BCUT2D eigenvalue weighted by molar-refractivity contribution is 5.62. The van der Waals surface area contributed by atoms with Crippen LogP contribution in [0.3, 0.4) is 0 Å². The predicted octanol–water partition coefficient (Wildman–Crippen LogP) is 1.52. The first-order valence-electron chi connectivity index (χ1n) is 4.17. The van der Waals surface area contributed by atoms with Crippen molar-refractivity contribution in [1.82, 2.24) is 0 Å². The zero-order chi connectivity index (χ0) is 7.90. The van der Waals surface area contributed by atoms with Gasteiger partial charge in [-0.2, -0.15) is 5.26 Å². The molecule has 0 aromatic heterocycles. The molecule has 0 aromatic rings. The van der Waals surface area contributed by atoms with E-state index < -0.39 is 0 Å². The summed E-state index contributed by atoms with van der Waals surface area (Å²) in [5.41, 5.74) is -0.223. The maximum Gasteiger partial charge on any atom is 0.127 e. The number of fused-ring (bicyclic) bond motifs is 2. The summed E-state index contributed by atoms with van der Waals surface area (Å²) in [6.45, 7) is 0. The largest absolute Gasteiger partial charge is 0.303 e. The van der Waals surface area contributed by atoms with Crippen molar-refractivity contribution >= 4 is 6.29 Å². The molecule has 2 aliphatic rings. The number of rotatable bonds is 1. The van der Waals surface area contributed by atoms with Crippen molar-refractivity contribution in [2.75, 3.05) is 0 Å². The highest BCUT2D eigenvalue weighted by Crippen LogP contribution is 2.56. The summed E-state index contributed by atoms with van der Waals surface area (Å²) in [6.07, 6.45) is 5.11. The van der Waals surface area contributed by atoms with E-state index in [2.05, 4.69) is 6.07 Å². The van der Waals surface area contributed by atoms with Crippen LogP contribution in [-0.4, -0.2) is 6.29 Å². The molecule has 11 heavy (non-hydrogen) atoms. The van der Waals surface area contributed by atoms with E-state index in [0.29, 0.717) is 5.92 Å². The molecule has 0 spiro atoms. The van der Waals surface area contributed by atoms with Gasteiger partial charge in [0, 0.05) is 5.41 Å². The molecule has 0 N–H and O–H groups in total. The molecule has 0 aromatic carbocycles. The van der Waals surface area contributed by atoms with Crippen molar-refractivity contribution in [2.24, 2.45) is 17.3 Å². The molecule has 2 bridgehead atoms. The third kappa shape index (κ3) is 0.742. The summed E-state index contributed by atoms with van der Waals surface area (Å²) in [7, 11) is 0. The molecule has 0 radical (unpaired) electrons. The summed E-state index contributed by atoms with van der Waals surface area (Å²) in [5.74, 6) is 0.698. The van der Waals surface area contributed by atoms with Crippen LogP contribution < -0.4 is 0 Å². The molecule has 3 atom stereocenters. The summed E-state index contributed by atoms with van der Waals surface area (Å²) in [4.78, 5) is 10.8. The van der Waals surface area contributed by atoms with Crippen molar-refractivity contribution in [3.63, 3.8) is 0 Å². The molecule has 3 unspecified atom stereocenters. The van der Waals surface area contributed by atoms with Crippen LogP contribution in [0.5, 0.6) is 0 Å². The quantitative estimate of drug-likeness (QED) is 0.530. The Bertz CT molecular complexity index is 230. The molecule has 2 aliphatic carbocycles. The number of carbonyl (C=O) groups excluding carboxylic acids is 1. The minimum absolute atomic E-state index is 0.0266. The van der Waals surface area contributed by atoms with Crippen LogP contribution in [0.4, 0.5) is 0 Å². The lowest BCUT2D eigenvalue weighted by molar-refractivity contribution is -0.117. The summed E-state index contributed by atoms with van der Waals surface area (Å²) in [6, 6.07) is 2.26. The van der Waals surface area contributed by atoms with Gasteiger partial charge in [0.2, 0.25) is 0 Å². The number of nitriles is 1. The fourth-order valence-corrected chi connectivity index (χ4v) is 2.67. The number of nitrogens with zero attached hydrogens (tertiary/aromatic N) is 1. The van der Waals surface area contributed by atoms with Gasteiger partial charge in [0.25, 0.3) is 0 Å². The lowest BCUT2D eigenvalue weighted by Gasteiger charge is -2.23. The zero-order valence-corrected chi connectivity index (χ0v) is 6.42. The molecular formula is C9H11NO. The Morgan fingerprint density at radius 1 is 1.64 bits per heavy atom. The van der Waals surface area contributed by atoms with E-state index >= 15 is 0 Å². The number of hydrogen-bond acceptors (Lipinski definition) is 2. The first kappa shape index (κ1) is 6.84. The van der Waals surface area contributed by atoms with Crippen LogP contribution in [0, 0.1) is 28.6 Å². The number of carbonyl (C=O) groups is 1. The van der Waals surface area contributed by atoms with Crippen LogP contribution >= 0.6 is 0 Å². The van der Waals surface area contributed by atoms with Crippen LogP contribution in [0.1, 0.15) is 25.7 Å². The summed E-state index contributed by atoms with van der Waals surface area (Å²) < 4.78 is 0. The lowest BCUT2D eigenvalue weighted by atomic mass is 9.77. The van der Waals surface area contributed by atoms with Crippen molar-refractivity contribution in [2.45, 2.75) is 25.7 Å². The van der Waals surface area contributed by atoms with Gasteiger partial charge >= 0.3 is 0 Å². The summed E-state index contributed by atoms with van der Waals surface area (Å²) in [5, 5.41) is 8.78. The van der Waals surface area contributed by atoms with Crippen LogP contribution in [0.15, 0.2) is 0 Å². The molecule has 0 amide bonds. The number of aldehydes is 1. The maximum atomic E-state index is 10.8. The Morgan fingerprint density at radius 3 is 2.91 bits per heavy atom. The Kier molecular flexibility index (Phi) is 1.29. The molecule has 2 saturated carbocycles. The topological polar surface area (TPSA) is 40.9 Å². The molecule has 0 heterocycles. The second-order valence-corrected chi connectivity index (χ2v) is 3.88. The van der Waals surface area contributed by atoms with E-state index in [0.717, 1.165) is 32.0 Å². The first-order chi connectivity index (χ1) is 5.30. The zero-order valence-electron chi connectivity index (χ0n) is 6.42. The van der Waals surface area contributed by atoms with Gasteiger partial charge in [-0.3, -0.25) is 0 Å². The van der Waals surface area contributed by atoms with Gasteiger partial charge in [-0.05, 0) is 31.6 Å². The molecule has 2 rings (SSSR count). The van der Waals surface area contributed by atoms with Crippen molar-refractivity contribution in [3.05, 3.63) is 0 Å². The second-order valence-electron chi connectivity index (χ2n) is 3.88. The summed E-state index contributed by atoms with van der Waals surface area (Å²) >= 11 is 0. The third-order valence-corrected chi connectivity index (χ3v) is 3.34. The van der Waals surface area contributed by atoms with Gasteiger partial charge in [-0.25, -0.2) is 0 Å². The first-order valence-corrected chi connectivity index (χ1v) is 4.17. The minimum atomic E-state index is -0.223. The highest BCUT2D eigenvalue weighted by atomic mass is 16.1. The van der Waals surface area contributed by atoms with E-state index in [1.807, 2.05) is 0 Å². The monoisotopic (exact) mass is 149 g/mol. The average Bonchev–Trinajstić information content (AvgIpc) is 2.60. The van der Waals surface area contributed by atoms with E-state index in [-0.39, 0.29) is 11.3 Å². The molecule has 2 heteroatoms. The fourth-order valence-electron chi connectivity index (χ4n) is 2.67. The molecule has 0 saturated heterocycles. The molecule has 58 valence electrons. The van der Waals surface area contributed by atoms with Crippen LogP contribution in [0.2, 0.25) is 0 Å². The van der Waals surface area contributed by atoms with Gasteiger partial charge in [0.1, 0.15) is 6.29 Å². The van der Waals surface area contributed by atoms with Gasteiger partial charge < -0.3 is 4.79 Å². The van der Waals surface area contributed by atoms with Crippen molar-refractivity contribution in [3.8, 4) is 6.07 Å². The SMILES string of the molecule is N#CC1CC2CCC1(C=O)C2. The fraction of sp³-hybridized carbons (Fsp3) is 0.778. The smallest absolute Gasteiger partial charge is 0.127 e. The third-order valence-electron chi connectivity index (χ3n) is 3.34. The Balaban J connectivity index is 2.30. The van der Waals surface area contributed by atoms with Gasteiger partial charge in [-0.15, -0.1) is 0 Å². The Labute approximate surface area is 66.2 Å². The van der Waals surface area contributed by atoms with E-state index in [9.17, 15) is 4.79 Å². The Hall–Kier alpha value is -0.840. The minimum Gasteiger partial charge on any atom is -0.303 e. The molecule has 0 aliphatic heterocycles. The molecule has 2 fully saturated rings. The van der Waals surface area contributed by atoms with Gasteiger partial charge in [-0.1, -0.05) is 0 Å². The maximum absolute atomic E-state index is 10.8. The van der Waals surface area contributed by atoms with Gasteiger partial charge in [0.05, 0.1) is 12.0 Å². The van der Waals surface area contributed by atoms with E-state index in [4.69, 9.17) is 5.26 Å². The predicted molar refractivity (Wildman–Crippen MR) is 39.6 cm³/mol. The molecular weight excluding hydrogens is 138 g/mol. The van der Waals surface area contributed by atoms with Gasteiger partial charge in [0.15, 0.2) is 0 Å². The second kappa shape index (κ2) is 2.07. The number of hydrogen-bond donors (Lipinski definition) is 0.